The van der Waals surface area contributed by atoms with Gasteiger partial charge in [0.15, 0.2) is 5.16 Å². The van der Waals surface area contributed by atoms with Crippen molar-refractivity contribution in [3.63, 3.8) is 0 Å². The van der Waals surface area contributed by atoms with E-state index in [1.165, 1.54) is 17.3 Å². The van der Waals surface area contributed by atoms with Gasteiger partial charge in [0.05, 0.1) is 24.3 Å². The molecule has 0 radical (unpaired) electrons. The molecule has 5 heteroatoms. The summed E-state index contributed by atoms with van der Waals surface area (Å²) in [7, 11) is 1.95. The van der Waals surface area contributed by atoms with E-state index in [2.05, 4.69) is 36.2 Å². The van der Waals surface area contributed by atoms with Crippen LogP contribution in [0.3, 0.4) is 0 Å². The first-order valence-corrected chi connectivity index (χ1v) is 7.47. The van der Waals surface area contributed by atoms with Gasteiger partial charge < -0.3 is 9.30 Å². The third-order valence-corrected chi connectivity index (χ3v) is 3.93. The first-order chi connectivity index (χ1) is 9.61. The SMILES string of the molecule is CCOC(=O)CSc1ncc(-c2ccc(C)cc2)n1C. The van der Waals surface area contributed by atoms with Gasteiger partial charge in [-0.2, -0.15) is 0 Å². The van der Waals surface area contributed by atoms with E-state index in [1.54, 1.807) is 6.92 Å². The lowest BCUT2D eigenvalue weighted by molar-refractivity contribution is -0.139. The molecule has 0 bridgehead atoms. The first kappa shape index (κ1) is 14.7. The van der Waals surface area contributed by atoms with Crippen molar-refractivity contribution in [1.29, 1.82) is 0 Å². The number of thioether (sulfide) groups is 1. The van der Waals surface area contributed by atoms with Gasteiger partial charge in [0.1, 0.15) is 0 Å². The Morgan fingerprint density at radius 3 is 2.70 bits per heavy atom. The van der Waals surface area contributed by atoms with Crippen LogP contribution < -0.4 is 0 Å². The van der Waals surface area contributed by atoms with Crippen molar-refractivity contribution in [2.45, 2.75) is 19.0 Å². The zero-order chi connectivity index (χ0) is 14.5. The van der Waals surface area contributed by atoms with Crippen molar-refractivity contribution < 1.29 is 9.53 Å². The van der Waals surface area contributed by atoms with Crippen LogP contribution in [0.4, 0.5) is 0 Å². The van der Waals surface area contributed by atoms with Crippen LogP contribution in [-0.4, -0.2) is 27.9 Å². The van der Waals surface area contributed by atoms with Crippen LogP contribution in [0.25, 0.3) is 11.3 Å². The zero-order valence-corrected chi connectivity index (χ0v) is 12.7. The maximum absolute atomic E-state index is 11.4. The molecule has 0 atom stereocenters. The van der Waals surface area contributed by atoms with Crippen LogP contribution in [0.1, 0.15) is 12.5 Å². The molecule has 20 heavy (non-hydrogen) atoms. The Hall–Kier alpha value is -1.75. The third-order valence-electron chi connectivity index (χ3n) is 2.92. The second-order valence-corrected chi connectivity index (χ2v) is 5.39. The van der Waals surface area contributed by atoms with Crippen LogP contribution in [0.15, 0.2) is 35.6 Å². The predicted octanol–water partition coefficient (Wildman–Crippen LogP) is 3.05. The minimum atomic E-state index is -0.211. The number of imidazole rings is 1. The molecule has 1 aromatic heterocycles. The van der Waals surface area contributed by atoms with E-state index in [0.717, 1.165) is 16.4 Å². The summed E-state index contributed by atoms with van der Waals surface area (Å²) in [5.74, 6) is 0.0730. The number of aryl methyl sites for hydroxylation is 1. The fraction of sp³-hybridized carbons (Fsp3) is 0.333. The molecule has 0 fully saturated rings. The molecule has 0 N–H and O–H groups in total. The lowest BCUT2D eigenvalue weighted by Gasteiger charge is -2.06. The lowest BCUT2D eigenvalue weighted by Crippen LogP contribution is -2.07. The Morgan fingerprint density at radius 2 is 2.05 bits per heavy atom. The highest BCUT2D eigenvalue weighted by molar-refractivity contribution is 7.99. The molecular weight excluding hydrogens is 272 g/mol. The minimum absolute atomic E-state index is 0.211. The maximum atomic E-state index is 11.4. The van der Waals surface area contributed by atoms with E-state index in [-0.39, 0.29) is 11.7 Å². The summed E-state index contributed by atoms with van der Waals surface area (Å²) in [6, 6.07) is 8.31. The summed E-state index contributed by atoms with van der Waals surface area (Å²) >= 11 is 1.39. The molecular formula is C15H18N2O2S. The number of benzene rings is 1. The van der Waals surface area contributed by atoms with Gasteiger partial charge in [0.2, 0.25) is 0 Å². The standard InChI is InChI=1S/C15H18N2O2S/c1-4-19-14(18)10-20-15-16-9-13(17(15)3)12-7-5-11(2)6-8-12/h5-9H,4,10H2,1-3H3. The van der Waals surface area contributed by atoms with Gasteiger partial charge in [-0.05, 0) is 19.4 Å². The van der Waals surface area contributed by atoms with E-state index in [9.17, 15) is 4.79 Å². The Morgan fingerprint density at radius 1 is 1.35 bits per heavy atom. The Bertz CT molecular complexity index is 590. The van der Waals surface area contributed by atoms with Crippen LogP contribution in [0, 0.1) is 6.92 Å². The molecule has 106 valence electrons. The van der Waals surface area contributed by atoms with Crippen molar-refractivity contribution in [2.75, 3.05) is 12.4 Å². The van der Waals surface area contributed by atoms with Crippen LogP contribution in [-0.2, 0) is 16.6 Å². The fourth-order valence-corrected chi connectivity index (χ4v) is 2.59. The molecule has 0 aliphatic carbocycles. The maximum Gasteiger partial charge on any atom is 0.316 e. The van der Waals surface area contributed by atoms with Gasteiger partial charge in [-0.1, -0.05) is 41.6 Å². The smallest absolute Gasteiger partial charge is 0.316 e. The molecule has 4 nitrogen and oxygen atoms in total. The molecule has 2 rings (SSSR count). The van der Waals surface area contributed by atoms with Crippen molar-refractivity contribution in [3.8, 4) is 11.3 Å². The molecule has 0 spiro atoms. The van der Waals surface area contributed by atoms with E-state index < -0.39 is 0 Å². The molecule has 0 saturated heterocycles. The number of esters is 1. The summed E-state index contributed by atoms with van der Waals surface area (Å²) < 4.78 is 6.91. The van der Waals surface area contributed by atoms with Crippen molar-refractivity contribution >= 4 is 17.7 Å². The molecule has 0 unspecified atom stereocenters. The topological polar surface area (TPSA) is 44.1 Å². The number of aromatic nitrogens is 2. The fourth-order valence-electron chi connectivity index (χ4n) is 1.85. The molecule has 0 aliphatic heterocycles. The largest absolute Gasteiger partial charge is 0.465 e. The van der Waals surface area contributed by atoms with Crippen molar-refractivity contribution in [1.82, 2.24) is 9.55 Å². The van der Waals surface area contributed by atoms with Crippen LogP contribution in [0.2, 0.25) is 0 Å². The Labute approximate surface area is 123 Å². The van der Waals surface area contributed by atoms with E-state index >= 15 is 0 Å². The van der Waals surface area contributed by atoms with Gasteiger partial charge in [0.25, 0.3) is 0 Å². The number of carbonyl (C=O) groups excluding carboxylic acids is 1. The molecule has 0 saturated carbocycles. The number of ether oxygens (including phenoxy) is 1. The second-order valence-electron chi connectivity index (χ2n) is 4.44. The molecule has 2 aromatic rings. The van der Waals surface area contributed by atoms with Gasteiger partial charge in [-0.25, -0.2) is 4.98 Å². The molecule has 1 heterocycles. The molecule has 1 aromatic carbocycles. The molecule has 0 amide bonds. The normalized spacial score (nSPS) is 10.6. The Balaban J connectivity index is 2.11. The summed E-state index contributed by atoms with van der Waals surface area (Å²) in [6.07, 6.45) is 1.83. The highest BCUT2D eigenvalue weighted by Crippen LogP contribution is 2.25. The average molecular weight is 290 g/mol. The van der Waals surface area contributed by atoms with Gasteiger partial charge in [-0.15, -0.1) is 0 Å². The first-order valence-electron chi connectivity index (χ1n) is 6.49. The average Bonchev–Trinajstić information content (AvgIpc) is 2.79. The Kier molecular flexibility index (Phi) is 4.84. The summed E-state index contributed by atoms with van der Waals surface area (Å²) in [5, 5.41) is 0.814. The summed E-state index contributed by atoms with van der Waals surface area (Å²) in [4.78, 5) is 15.7. The lowest BCUT2D eigenvalue weighted by atomic mass is 10.1. The number of rotatable bonds is 5. The van der Waals surface area contributed by atoms with Crippen LogP contribution >= 0.6 is 11.8 Å². The number of hydrogen-bond donors (Lipinski definition) is 0. The second kappa shape index (κ2) is 6.61. The minimum Gasteiger partial charge on any atom is -0.465 e. The van der Waals surface area contributed by atoms with Gasteiger partial charge in [-0.3, -0.25) is 4.79 Å². The summed E-state index contributed by atoms with van der Waals surface area (Å²) in [6.45, 7) is 4.28. The monoisotopic (exact) mass is 290 g/mol. The highest BCUT2D eigenvalue weighted by Gasteiger charge is 2.11. The van der Waals surface area contributed by atoms with Gasteiger partial charge in [0, 0.05) is 7.05 Å². The number of hydrogen-bond acceptors (Lipinski definition) is 4. The van der Waals surface area contributed by atoms with Crippen molar-refractivity contribution in [3.05, 3.63) is 36.0 Å². The number of nitrogens with zero attached hydrogens (tertiary/aromatic N) is 2. The quantitative estimate of drug-likeness (QED) is 0.627. The number of carbonyl (C=O) groups is 1. The predicted molar refractivity (Wildman–Crippen MR) is 80.7 cm³/mol. The highest BCUT2D eigenvalue weighted by atomic mass is 32.2. The zero-order valence-electron chi connectivity index (χ0n) is 11.9. The summed E-state index contributed by atoms with van der Waals surface area (Å²) in [5.41, 5.74) is 3.39. The third kappa shape index (κ3) is 3.42. The van der Waals surface area contributed by atoms with Gasteiger partial charge >= 0.3 is 5.97 Å². The van der Waals surface area contributed by atoms with Crippen molar-refractivity contribution in [2.24, 2.45) is 7.05 Å². The van der Waals surface area contributed by atoms with Crippen LogP contribution in [0.5, 0.6) is 0 Å². The van der Waals surface area contributed by atoms with E-state index in [1.807, 2.05) is 17.8 Å². The van der Waals surface area contributed by atoms with E-state index in [4.69, 9.17) is 4.74 Å². The van der Waals surface area contributed by atoms with E-state index in [0.29, 0.717) is 6.61 Å². The molecule has 0 aliphatic rings.